The molecule has 0 spiro atoms. The number of carbonyl (C=O) groups is 1. The Hall–Kier alpha value is -2.20. The highest BCUT2D eigenvalue weighted by Gasteiger charge is 2.04. The average Bonchev–Trinajstić information content (AvgIpc) is 2.45. The number of urea groups is 1. The molecule has 4 nitrogen and oxygen atoms in total. The summed E-state index contributed by atoms with van der Waals surface area (Å²) >= 11 is 6.02. The van der Waals surface area contributed by atoms with Gasteiger partial charge in [-0.1, -0.05) is 35.4 Å². The minimum Gasteiger partial charge on any atom is -0.473 e. The molecule has 2 aromatic rings. The highest BCUT2D eigenvalue weighted by Crippen LogP contribution is 2.20. The van der Waals surface area contributed by atoms with Crippen molar-refractivity contribution in [1.82, 2.24) is 5.32 Å². The van der Waals surface area contributed by atoms with E-state index in [4.69, 9.17) is 16.3 Å². The first-order valence-electron chi connectivity index (χ1n) is 6.97. The van der Waals surface area contributed by atoms with E-state index in [-0.39, 0.29) is 12.8 Å². The number of nitrogens with one attached hydrogen (secondary N) is 2. The molecule has 2 aromatic carbocycles. The number of rotatable bonds is 4. The second-order valence-electron chi connectivity index (χ2n) is 5.15. The van der Waals surface area contributed by atoms with Gasteiger partial charge >= 0.3 is 6.03 Å². The molecule has 22 heavy (non-hydrogen) atoms. The van der Waals surface area contributed by atoms with E-state index in [1.165, 1.54) is 5.56 Å². The minimum atomic E-state index is -0.343. The number of ether oxygens (including phenoxy) is 1. The fraction of sp³-hybridized carbons (Fsp3) is 0.235. The summed E-state index contributed by atoms with van der Waals surface area (Å²) in [6, 6.07) is 10.9. The number of hydrogen-bond donors (Lipinski definition) is 2. The van der Waals surface area contributed by atoms with Gasteiger partial charge in [-0.2, -0.15) is 0 Å². The molecule has 0 saturated carbocycles. The van der Waals surface area contributed by atoms with E-state index in [1.54, 1.807) is 12.1 Å². The molecule has 0 unspecified atom stereocenters. The maximum Gasteiger partial charge on any atom is 0.321 e. The van der Waals surface area contributed by atoms with Gasteiger partial charge in [0.1, 0.15) is 5.75 Å². The zero-order chi connectivity index (χ0) is 16.1. The van der Waals surface area contributed by atoms with Crippen LogP contribution in [0.4, 0.5) is 10.5 Å². The lowest BCUT2D eigenvalue weighted by molar-refractivity contribution is 0.234. The Labute approximate surface area is 135 Å². The molecule has 0 fully saturated rings. The first-order chi connectivity index (χ1) is 10.5. The lowest BCUT2D eigenvalue weighted by atomic mass is 10.1. The largest absolute Gasteiger partial charge is 0.473 e. The predicted octanol–water partition coefficient (Wildman–Crippen LogP) is 4.42. The van der Waals surface area contributed by atoms with Crippen LogP contribution in [0.5, 0.6) is 5.75 Å². The van der Waals surface area contributed by atoms with Crippen LogP contribution in [0.1, 0.15) is 16.7 Å². The molecule has 116 valence electrons. The van der Waals surface area contributed by atoms with Gasteiger partial charge < -0.3 is 15.4 Å². The Bertz CT molecular complexity index is 686. The predicted molar refractivity (Wildman–Crippen MR) is 89.8 cm³/mol. The summed E-state index contributed by atoms with van der Waals surface area (Å²) < 4.78 is 5.54. The van der Waals surface area contributed by atoms with Crippen molar-refractivity contribution >= 4 is 23.3 Å². The van der Waals surface area contributed by atoms with Crippen LogP contribution in [0.15, 0.2) is 36.4 Å². The highest BCUT2D eigenvalue weighted by molar-refractivity contribution is 6.31. The van der Waals surface area contributed by atoms with E-state index < -0.39 is 0 Å². The smallest absolute Gasteiger partial charge is 0.321 e. The quantitative estimate of drug-likeness (QED) is 0.820. The fourth-order valence-corrected chi connectivity index (χ4v) is 2.17. The summed E-state index contributed by atoms with van der Waals surface area (Å²) in [7, 11) is 0. The zero-order valence-corrected chi connectivity index (χ0v) is 13.6. The summed E-state index contributed by atoms with van der Waals surface area (Å²) in [5, 5.41) is 5.96. The van der Waals surface area contributed by atoms with Crippen molar-refractivity contribution in [3.05, 3.63) is 58.1 Å². The topological polar surface area (TPSA) is 50.4 Å². The minimum absolute atomic E-state index is 0.0926. The van der Waals surface area contributed by atoms with Gasteiger partial charge in [0.25, 0.3) is 0 Å². The van der Waals surface area contributed by atoms with Gasteiger partial charge in [-0.05, 0) is 50.1 Å². The van der Waals surface area contributed by atoms with Gasteiger partial charge in [-0.3, -0.25) is 0 Å². The first kappa shape index (κ1) is 16.2. The molecule has 0 saturated heterocycles. The molecule has 0 aliphatic rings. The van der Waals surface area contributed by atoms with Gasteiger partial charge in [-0.15, -0.1) is 0 Å². The van der Waals surface area contributed by atoms with Crippen LogP contribution in [0.2, 0.25) is 5.02 Å². The van der Waals surface area contributed by atoms with E-state index in [0.717, 1.165) is 16.9 Å². The van der Waals surface area contributed by atoms with Gasteiger partial charge in [0.05, 0.1) is 0 Å². The summed E-state index contributed by atoms with van der Waals surface area (Å²) in [6.45, 7) is 5.99. The Morgan fingerprint density at radius 2 is 1.86 bits per heavy atom. The maximum atomic E-state index is 11.8. The van der Waals surface area contributed by atoms with Gasteiger partial charge in [0.15, 0.2) is 6.73 Å². The molecule has 0 bridgehead atoms. The maximum absolute atomic E-state index is 11.8. The molecule has 2 amide bonds. The molecule has 0 atom stereocenters. The number of benzene rings is 2. The number of carbonyl (C=O) groups excluding carboxylic acids is 1. The van der Waals surface area contributed by atoms with E-state index in [2.05, 4.69) is 10.6 Å². The molecule has 2 N–H and O–H groups in total. The highest BCUT2D eigenvalue weighted by atomic mass is 35.5. The average molecular weight is 319 g/mol. The molecular weight excluding hydrogens is 300 g/mol. The van der Waals surface area contributed by atoms with Crippen molar-refractivity contribution in [2.75, 3.05) is 12.0 Å². The fourth-order valence-electron chi connectivity index (χ4n) is 1.99. The Morgan fingerprint density at radius 3 is 2.55 bits per heavy atom. The third-order valence-electron chi connectivity index (χ3n) is 3.22. The summed E-state index contributed by atoms with van der Waals surface area (Å²) in [4.78, 5) is 11.8. The Morgan fingerprint density at radius 1 is 1.09 bits per heavy atom. The van der Waals surface area contributed by atoms with Crippen LogP contribution >= 0.6 is 11.6 Å². The Kier molecular flexibility index (Phi) is 5.28. The number of anilines is 1. The van der Waals surface area contributed by atoms with E-state index in [0.29, 0.717) is 10.7 Å². The van der Waals surface area contributed by atoms with E-state index in [9.17, 15) is 4.79 Å². The second kappa shape index (κ2) is 7.18. The van der Waals surface area contributed by atoms with Crippen molar-refractivity contribution < 1.29 is 9.53 Å². The van der Waals surface area contributed by atoms with E-state index in [1.807, 2.05) is 45.0 Å². The SMILES string of the molecule is Cc1ccc(OCNC(=O)Nc2ccc(C)c(Cl)c2)c(C)c1. The van der Waals surface area contributed by atoms with Crippen molar-refractivity contribution in [3.63, 3.8) is 0 Å². The van der Waals surface area contributed by atoms with Crippen LogP contribution in [0.25, 0.3) is 0 Å². The number of aryl methyl sites for hydroxylation is 3. The second-order valence-corrected chi connectivity index (χ2v) is 5.56. The van der Waals surface area contributed by atoms with Crippen molar-refractivity contribution in [2.24, 2.45) is 0 Å². The molecule has 2 rings (SSSR count). The van der Waals surface area contributed by atoms with Crippen LogP contribution in [0, 0.1) is 20.8 Å². The molecule has 0 aromatic heterocycles. The lowest BCUT2D eigenvalue weighted by Gasteiger charge is -2.12. The third-order valence-corrected chi connectivity index (χ3v) is 3.63. The zero-order valence-electron chi connectivity index (χ0n) is 12.9. The van der Waals surface area contributed by atoms with Crippen molar-refractivity contribution in [1.29, 1.82) is 0 Å². The molecule has 0 aliphatic heterocycles. The van der Waals surface area contributed by atoms with Crippen molar-refractivity contribution in [3.8, 4) is 5.75 Å². The van der Waals surface area contributed by atoms with Gasteiger partial charge in [-0.25, -0.2) is 4.79 Å². The van der Waals surface area contributed by atoms with Crippen LogP contribution in [0.3, 0.4) is 0 Å². The van der Waals surface area contributed by atoms with E-state index >= 15 is 0 Å². The van der Waals surface area contributed by atoms with Gasteiger partial charge in [0.2, 0.25) is 0 Å². The normalized spacial score (nSPS) is 10.2. The lowest BCUT2D eigenvalue weighted by Crippen LogP contribution is -2.32. The Balaban J connectivity index is 1.83. The molecular formula is C17H19ClN2O2. The number of hydrogen-bond acceptors (Lipinski definition) is 2. The molecule has 0 aliphatic carbocycles. The van der Waals surface area contributed by atoms with Crippen LogP contribution in [-0.4, -0.2) is 12.8 Å². The number of amides is 2. The standard InChI is InChI=1S/C17H19ClN2O2/c1-11-4-7-16(13(3)8-11)22-10-19-17(21)20-14-6-5-12(2)15(18)9-14/h4-9H,10H2,1-3H3,(H2,19,20,21). The number of halogens is 1. The molecule has 0 radical (unpaired) electrons. The first-order valence-corrected chi connectivity index (χ1v) is 7.34. The summed E-state index contributed by atoms with van der Waals surface area (Å²) in [5.74, 6) is 0.754. The van der Waals surface area contributed by atoms with Crippen LogP contribution < -0.4 is 15.4 Å². The monoisotopic (exact) mass is 318 g/mol. The van der Waals surface area contributed by atoms with Crippen LogP contribution in [-0.2, 0) is 0 Å². The molecule has 0 heterocycles. The summed E-state index contributed by atoms with van der Waals surface area (Å²) in [5.41, 5.74) is 3.81. The summed E-state index contributed by atoms with van der Waals surface area (Å²) in [6.07, 6.45) is 0. The van der Waals surface area contributed by atoms with Crippen molar-refractivity contribution in [2.45, 2.75) is 20.8 Å². The molecule has 5 heteroatoms. The van der Waals surface area contributed by atoms with Gasteiger partial charge in [0, 0.05) is 10.7 Å². The third kappa shape index (κ3) is 4.40.